The summed E-state index contributed by atoms with van der Waals surface area (Å²) in [4.78, 5) is 1.01. The van der Waals surface area contributed by atoms with Gasteiger partial charge in [0, 0.05) is 26.6 Å². The highest BCUT2D eigenvalue weighted by Gasteiger charge is 2.11. The average molecular weight is 304 g/mol. The molecule has 0 unspecified atom stereocenters. The first-order valence-electron chi connectivity index (χ1n) is 5.56. The lowest BCUT2D eigenvalue weighted by Crippen LogP contribution is -2.21. The summed E-state index contributed by atoms with van der Waals surface area (Å²) in [5, 5.41) is 16.3. The van der Waals surface area contributed by atoms with Gasteiger partial charge in [0.05, 0.1) is 16.5 Å². The Bertz CT molecular complexity index is 486. The molecule has 18 heavy (non-hydrogen) atoms. The van der Waals surface area contributed by atoms with Crippen LogP contribution in [0.3, 0.4) is 0 Å². The lowest BCUT2D eigenvalue weighted by atomic mass is 10.4. The van der Waals surface area contributed by atoms with Gasteiger partial charge in [0.1, 0.15) is 5.01 Å². The molecule has 0 amide bonds. The Morgan fingerprint density at radius 3 is 3.00 bits per heavy atom. The van der Waals surface area contributed by atoms with Gasteiger partial charge in [0.2, 0.25) is 0 Å². The molecule has 2 aromatic rings. The molecule has 0 fully saturated rings. The third-order valence-electron chi connectivity index (χ3n) is 2.28. The fourth-order valence-corrected chi connectivity index (χ4v) is 3.53. The van der Waals surface area contributed by atoms with Gasteiger partial charge in [-0.15, -0.1) is 21.5 Å². The number of rotatable bonds is 7. The van der Waals surface area contributed by atoms with Crippen molar-refractivity contribution in [2.45, 2.75) is 6.42 Å². The third-order valence-corrected chi connectivity index (χ3v) is 4.75. The Hall–Kier alpha value is -0.530. The Morgan fingerprint density at radius 2 is 2.28 bits per heavy atom. The number of hydrogen-bond donors (Lipinski definition) is 1. The SMILES string of the molecule is COCCNCCc1nnc(-c2sccc2Cl)s1. The van der Waals surface area contributed by atoms with Crippen LogP contribution in [0.2, 0.25) is 5.02 Å². The van der Waals surface area contributed by atoms with E-state index in [4.69, 9.17) is 16.3 Å². The van der Waals surface area contributed by atoms with E-state index in [0.29, 0.717) is 0 Å². The minimum Gasteiger partial charge on any atom is -0.383 e. The zero-order valence-corrected chi connectivity index (χ0v) is 12.4. The molecule has 0 radical (unpaired) electrons. The van der Waals surface area contributed by atoms with Crippen LogP contribution in [-0.4, -0.2) is 37.0 Å². The third kappa shape index (κ3) is 3.73. The number of ether oxygens (including phenoxy) is 1. The van der Waals surface area contributed by atoms with E-state index in [1.54, 1.807) is 29.8 Å². The van der Waals surface area contributed by atoms with Crippen LogP contribution < -0.4 is 5.32 Å². The summed E-state index contributed by atoms with van der Waals surface area (Å²) in [6, 6.07) is 1.88. The van der Waals surface area contributed by atoms with Gasteiger partial charge in [0.25, 0.3) is 0 Å². The van der Waals surface area contributed by atoms with Crippen LogP contribution in [0.1, 0.15) is 5.01 Å². The van der Waals surface area contributed by atoms with Gasteiger partial charge in [-0.2, -0.15) is 0 Å². The van der Waals surface area contributed by atoms with Gasteiger partial charge in [-0.25, -0.2) is 0 Å². The fraction of sp³-hybridized carbons (Fsp3) is 0.455. The first-order valence-corrected chi connectivity index (χ1v) is 7.64. The molecule has 0 aliphatic heterocycles. The summed E-state index contributed by atoms with van der Waals surface area (Å²) in [6.45, 7) is 2.47. The van der Waals surface area contributed by atoms with E-state index >= 15 is 0 Å². The molecule has 2 aromatic heterocycles. The van der Waals surface area contributed by atoms with Crippen molar-refractivity contribution < 1.29 is 4.74 Å². The normalized spacial score (nSPS) is 11.0. The van der Waals surface area contributed by atoms with Crippen LogP contribution in [-0.2, 0) is 11.2 Å². The molecule has 2 rings (SSSR count). The summed E-state index contributed by atoms with van der Waals surface area (Å²) < 4.78 is 4.96. The standard InChI is InChI=1S/C11H14ClN3OS2/c1-16-6-5-13-4-2-9-14-15-11(18-9)10-8(12)3-7-17-10/h3,7,13H,2,4-6H2,1H3. The van der Waals surface area contributed by atoms with Crippen LogP contribution in [0.15, 0.2) is 11.4 Å². The Labute approximate surface area is 119 Å². The van der Waals surface area contributed by atoms with E-state index < -0.39 is 0 Å². The molecule has 0 bridgehead atoms. The molecule has 0 aromatic carbocycles. The second-order valence-electron chi connectivity index (χ2n) is 3.59. The number of methoxy groups -OCH3 is 1. The second-order valence-corrected chi connectivity index (χ2v) is 5.98. The Morgan fingerprint density at radius 1 is 1.39 bits per heavy atom. The molecular formula is C11H14ClN3OS2. The topological polar surface area (TPSA) is 47.0 Å². The minimum atomic E-state index is 0.728. The molecule has 0 saturated heterocycles. The van der Waals surface area contributed by atoms with Crippen molar-refractivity contribution in [2.75, 3.05) is 26.8 Å². The molecule has 0 saturated carbocycles. The van der Waals surface area contributed by atoms with E-state index in [0.717, 1.165) is 46.0 Å². The lowest BCUT2D eigenvalue weighted by molar-refractivity contribution is 0.199. The molecule has 4 nitrogen and oxygen atoms in total. The molecule has 0 aliphatic carbocycles. The number of thiophene rings is 1. The molecule has 2 heterocycles. The van der Waals surface area contributed by atoms with Gasteiger partial charge >= 0.3 is 0 Å². The van der Waals surface area contributed by atoms with E-state index in [-0.39, 0.29) is 0 Å². The lowest BCUT2D eigenvalue weighted by Gasteiger charge is -2.00. The Kier molecular flexibility index (Phi) is 5.52. The number of nitrogens with zero attached hydrogens (tertiary/aromatic N) is 2. The molecule has 1 N–H and O–H groups in total. The Balaban J connectivity index is 1.85. The van der Waals surface area contributed by atoms with Gasteiger partial charge in [-0.1, -0.05) is 22.9 Å². The largest absolute Gasteiger partial charge is 0.383 e. The van der Waals surface area contributed by atoms with E-state index in [9.17, 15) is 0 Å². The highest BCUT2D eigenvalue weighted by Crippen LogP contribution is 2.34. The summed E-state index contributed by atoms with van der Waals surface area (Å²) >= 11 is 9.26. The van der Waals surface area contributed by atoms with Crippen molar-refractivity contribution >= 4 is 34.3 Å². The summed E-state index contributed by atoms with van der Waals surface area (Å²) in [6.07, 6.45) is 0.879. The summed E-state index contributed by atoms with van der Waals surface area (Å²) in [7, 11) is 1.70. The quantitative estimate of drug-likeness (QED) is 0.799. The first-order chi connectivity index (χ1) is 8.81. The van der Waals surface area contributed by atoms with E-state index in [2.05, 4.69) is 15.5 Å². The van der Waals surface area contributed by atoms with Crippen molar-refractivity contribution in [3.63, 3.8) is 0 Å². The maximum absolute atomic E-state index is 6.07. The van der Waals surface area contributed by atoms with Gasteiger partial charge < -0.3 is 10.1 Å². The zero-order chi connectivity index (χ0) is 12.8. The van der Waals surface area contributed by atoms with Crippen LogP contribution in [0.4, 0.5) is 0 Å². The van der Waals surface area contributed by atoms with Crippen LogP contribution >= 0.6 is 34.3 Å². The minimum absolute atomic E-state index is 0.728. The summed E-state index contributed by atoms with van der Waals surface area (Å²) in [5.74, 6) is 0. The molecule has 7 heteroatoms. The number of hydrogen-bond acceptors (Lipinski definition) is 6. The fourth-order valence-electron chi connectivity index (χ4n) is 1.39. The van der Waals surface area contributed by atoms with Crippen molar-refractivity contribution in [2.24, 2.45) is 0 Å². The monoisotopic (exact) mass is 303 g/mol. The predicted molar refractivity (Wildman–Crippen MR) is 76.7 cm³/mol. The van der Waals surface area contributed by atoms with Crippen molar-refractivity contribution in [1.82, 2.24) is 15.5 Å². The number of nitrogens with one attached hydrogen (secondary N) is 1. The van der Waals surface area contributed by atoms with Crippen molar-refractivity contribution in [3.8, 4) is 9.88 Å². The molecular weight excluding hydrogens is 290 g/mol. The van der Waals surface area contributed by atoms with Crippen molar-refractivity contribution in [1.29, 1.82) is 0 Å². The maximum Gasteiger partial charge on any atom is 0.159 e. The molecule has 0 aliphatic rings. The van der Waals surface area contributed by atoms with Crippen LogP contribution in [0.5, 0.6) is 0 Å². The zero-order valence-electron chi connectivity index (χ0n) is 9.98. The highest BCUT2D eigenvalue weighted by molar-refractivity contribution is 7.21. The molecule has 0 spiro atoms. The van der Waals surface area contributed by atoms with Crippen LogP contribution in [0.25, 0.3) is 9.88 Å². The average Bonchev–Trinajstić information content (AvgIpc) is 2.97. The first kappa shape index (κ1) is 13.9. The molecule has 98 valence electrons. The number of aromatic nitrogens is 2. The second kappa shape index (κ2) is 7.16. The van der Waals surface area contributed by atoms with Crippen LogP contribution in [0, 0.1) is 0 Å². The number of halogens is 1. The smallest absolute Gasteiger partial charge is 0.159 e. The van der Waals surface area contributed by atoms with Gasteiger partial charge in [-0.3, -0.25) is 0 Å². The summed E-state index contributed by atoms with van der Waals surface area (Å²) in [5.41, 5.74) is 0. The van der Waals surface area contributed by atoms with Crippen molar-refractivity contribution in [3.05, 3.63) is 21.5 Å². The van der Waals surface area contributed by atoms with Gasteiger partial charge in [-0.05, 0) is 11.4 Å². The molecule has 0 atom stereocenters. The maximum atomic E-state index is 6.07. The highest BCUT2D eigenvalue weighted by atomic mass is 35.5. The predicted octanol–water partition coefficient (Wildman–Crippen LogP) is 2.70. The van der Waals surface area contributed by atoms with Gasteiger partial charge in [0.15, 0.2) is 5.01 Å². The van der Waals surface area contributed by atoms with E-state index in [1.807, 2.05) is 11.4 Å². The van der Waals surface area contributed by atoms with E-state index in [1.165, 1.54) is 0 Å².